The topological polar surface area (TPSA) is 56.6 Å². The minimum absolute atomic E-state index is 0.333. The van der Waals surface area contributed by atoms with E-state index in [1.807, 2.05) is 36.5 Å². The molecular formula is C16H19N3O3. The minimum atomic E-state index is -0.390. The van der Waals surface area contributed by atoms with Gasteiger partial charge in [-0.15, -0.1) is 0 Å². The number of esters is 1. The number of aromatic nitrogens is 2. The Kier molecular flexibility index (Phi) is 4.39. The Morgan fingerprint density at radius 1 is 1.27 bits per heavy atom. The molecule has 3 rings (SSSR count). The van der Waals surface area contributed by atoms with E-state index in [-0.39, 0.29) is 0 Å². The van der Waals surface area contributed by atoms with Crippen LogP contribution in [0.4, 0.5) is 5.69 Å². The normalized spacial score (nSPS) is 14.9. The van der Waals surface area contributed by atoms with Crippen molar-refractivity contribution in [1.82, 2.24) is 9.78 Å². The van der Waals surface area contributed by atoms with Gasteiger partial charge in [-0.1, -0.05) is 18.2 Å². The highest BCUT2D eigenvalue weighted by molar-refractivity contribution is 5.93. The maximum atomic E-state index is 12.2. The predicted octanol–water partition coefficient (Wildman–Crippen LogP) is 1.89. The summed E-state index contributed by atoms with van der Waals surface area (Å²) in [5.74, 6) is -0.390. The summed E-state index contributed by atoms with van der Waals surface area (Å²) in [6, 6.07) is 9.73. The van der Waals surface area contributed by atoms with E-state index in [0.29, 0.717) is 25.5 Å². The molecule has 1 aliphatic rings. The largest absolute Gasteiger partial charge is 0.461 e. The molecule has 1 fully saturated rings. The Morgan fingerprint density at radius 3 is 2.68 bits per heavy atom. The summed E-state index contributed by atoms with van der Waals surface area (Å²) in [6.07, 6.45) is 1.88. The Bertz CT molecular complexity index is 633. The number of carbonyl (C=O) groups is 1. The molecular weight excluding hydrogens is 282 g/mol. The van der Waals surface area contributed by atoms with Crippen molar-refractivity contribution in [2.45, 2.75) is 6.92 Å². The third-order valence-electron chi connectivity index (χ3n) is 3.54. The van der Waals surface area contributed by atoms with Crippen molar-refractivity contribution in [2.75, 3.05) is 37.8 Å². The van der Waals surface area contributed by atoms with E-state index in [4.69, 9.17) is 9.47 Å². The molecule has 0 bridgehead atoms. The number of nitrogens with zero attached hydrogens (tertiary/aromatic N) is 3. The zero-order chi connectivity index (χ0) is 15.4. The van der Waals surface area contributed by atoms with E-state index >= 15 is 0 Å². The van der Waals surface area contributed by atoms with Crippen LogP contribution in [0, 0.1) is 0 Å². The number of rotatable bonds is 4. The number of carbonyl (C=O) groups excluding carboxylic acids is 1. The quantitative estimate of drug-likeness (QED) is 0.807. The molecule has 6 nitrogen and oxygen atoms in total. The molecule has 1 aliphatic heterocycles. The molecule has 116 valence electrons. The summed E-state index contributed by atoms with van der Waals surface area (Å²) < 4.78 is 12.2. The third kappa shape index (κ3) is 2.96. The number of morpholine rings is 1. The fourth-order valence-electron chi connectivity index (χ4n) is 2.46. The van der Waals surface area contributed by atoms with Gasteiger partial charge in [0.2, 0.25) is 0 Å². The first-order valence-corrected chi connectivity index (χ1v) is 7.44. The van der Waals surface area contributed by atoms with Gasteiger partial charge >= 0.3 is 5.97 Å². The number of para-hydroxylation sites is 1. The highest BCUT2D eigenvalue weighted by Crippen LogP contribution is 2.23. The van der Waals surface area contributed by atoms with Crippen LogP contribution in [-0.2, 0) is 9.47 Å². The lowest BCUT2D eigenvalue weighted by molar-refractivity contribution is 0.0518. The first-order chi connectivity index (χ1) is 10.8. The van der Waals surface area contributed by atoms with Gasteiger partial charge in [0.1, 0.15) is 0 Å². The molecule has 1 aromatic heterocycles. The molecule has 0 unspecified atom stereocenters. The zero-order valence-electron chi connectivity index (χ0n) is 12.6. The monoisotopic (exact) mass is 301 g/mol. The summed E-state index contributed by atoms with van der Waals surface area (Å²) in [7, 11) is 0. The van der Waals surface area contributed by atoms with Gasteiger partial charge in [0.25, 0.3) is 0 Å². The average molecular weight is 301 g/mol. The van der Waals surface area contributed by atoms with Crippen LogP contribution >= 0.6 is 0 Å². The Hall–Kier alpha value is -2.34. The van der Waals surface area contributed by atoms with Gasteiger partial charge in [-0.05, 0) is 19.1 Å². The van der Waals surface area contributed by atoms with Crippen molar-refractivity contribution >= 4 is 11.7 Å². The zero-order valence-corrected chi connectivity index (χ0v) is 12.6. The Morgan fingerprint density at radius 2 is 2.00 bits per heavy atom. The van der Waals surface area contributed by atoms with Gasteiger partial charge in [-0.3, -0.25) is 0 Å². The van der Waals surface area contributed by atoms with Gasteiger partial charge < -0.3 is 14.4 Å². The Labute approximate surface area is 129 Å². The molecule has 0 spiro atoms. The number of anilines is 1. The van der Waals surface area contributed by atoms with E-state index in [1.54, 1.807) is 11.6 Å². The lowest BCUT2D eigenvalue weighted by Gasteiger charge is -2.27. The lowest BCUT2D eigenvalue weighted by Crippen LogP contribution is -2.36. The summed E-state index contributed by atoms with van der Waals surface area (Å²) in [5, 5.41) is 4.43. The van der Waals surface area contributed by atoms with Crippen LogP contribution in [-0.4, -0.2) is 48.7 Å². The van der Waals surface area contributed by atoms with E-state index in [0.717, 1.165) is 24.5 Å². The molecule has 1 saturated heterocycles. The van der Waals surface area contributed by atoms with Crippen molar-refractivity contribution < 1.29 is 14.3 Å². The SMILES string of the molecule is CCOC(=O)c1nn(-c2ccccc2)cc1N1CCOCC1. The molecule has 0 radical (unpaired) electrons. The molecule has 2 aromatic rings. The second-order valence-electron chi connectivity index (χ2n) is 4.96. The fourth-order valence-corrected chi connectivity index (χ4v) is 2.46. The van der Waals surface area contributed by atoms with Crippen molar-refractivity contribution in [3.05, 3.63) is 42.2 Å². The summed E-state index contributed by atoms with van der Waals surface area (Å²) in [5.41, 5.74) is 2.06. The van der Waals surface area contributed by atoms with Crippen molar-refractivity contribution in [3.63, 3.8) is 0 Å². The smallest absolute Gasteiger partial charge is 0.361 e. The number of hydrogen-bond acceptors (Lipinski definition) is 5. The number of hydrogen-bond donors (Lipinski definition) is 0. The van der Waals surface area contributed by atoms with Crippen LogP contribution in [0.2, 0.25) is 0 Å². The molecule has 0 N–H and O–H groups in total. The fraction of sp³-hybridized carbons (Fsp3) is 0.375. The van der Waals surface area contributed by atoms with Crippen LogP contribution in [0.25, 0.3) is 5.69 Å². The van der Waals surface area contributed by atoms with E-state index in [2.05, 4.69) is 10.00 Å². The van der Waals surface area contributed by atoms with E-state index in [1.165, 1.54) is 0 Å². The molecule has 0 aliphatic carbocycles. The number of ether oxygens (including phenoxy) is 2. The van der Waals surface area contributed by atoms with Crippen LogP contribution in [0.15, 0.2) is 36.5 Å². The van der Waals surface area contributed by atoms with Gasteiger partial charge in [0.15, 0.2) is 5.69 Å². The third-order valence-corrected chi connectivity index (χ3v) is 3.54. The predicted molar refractivity (Wildman–Crippen MR) is 82.6 cm³/mol. The molecule has 1 aromatic carbocycles. The Balaban J connectivity index is 1.98. The van der Waals surface area contributed by atoms with Crippen molar-refractivity contribution in [1.29, 1.82) is 0 Å². The van der Waals surface area contributed by atoms with Crippen molar-refractivity contribution in [2.24, 2.45) is 0 Å². The molecule has 0 saturated carbocycles. The van der Waals surface area contributed by atoms with Gasteiger partial charge in [-0.25, -0.2) is 9.48 Å². The number of benzene rings is 1. The molecule has 2 heterocycles. The molecule has 22 heavy (non-hydrogen) atoms. The second-order valence-corrected chi connectivity index (χ2v) is 4.96. The molecule has 6 heteroatoms. The summed E-state index contributed by atoms with van der Waals surface area (Å²) >= 11 is 0. The first kappa shape index (κ1) is 14.6. The maximum Gasteiger partial charge on any atom is 0.361 e. The molecule has 0 amide bonds. The summed E-state index contributed by atoms with van der Waals surface area (Å²) in [4.78, 5) is 14.3. The first-order valence-electron chi connectivity index (χ1n) is 7.44. The minimum Gasteiger partial charge on any atom is -0.461 e. The van der Waals surface area contributed by atoms with Gasteiger partial charge in [0, 0.05) is 13.1 Å². The van der Waals surface area contributed by atoms with Crippen molar-refractivity contribution in [3.8, 4) is 5.69 Å². The standard InChI is InChI=1S/C16H19N3O3/c1-2-22-16(20)15-14(18-8-10-21-11-9-18)12-19(17-15)13-6-4-3-5-7-13/h3-7,12H,2,8-11H2,1H3. The maximum absolute atomic E-state index is 12.2. The highest BCUT2D eigenvalue weighted by Gasteiger charge is 2.24. The van der Waals surface area contributed by atoms with Crippen LogP contribution in [0.1, 0.15) is 17.4 Å². The van der Waals surface area contributed by atoms with Crippen LogP contribution in [0.5, 0.6) is 0 Å². The molecule has 0 atom stereocenters. The average Bonchev–Trinajstić information content (AvgIpc) is 3.02. The van der Waals surface area contributed by atoms with Crippen LogP contribution < -0.4 is 4.90 Å². The summed E-state index contributed by atoms with van der Waals surface area (Å²) in [6.45, 7) is 4.91. The van der Waals surface area contributed by atoms with Gasteiger partial charge in [0.05, 0.1) is 37.4 Å². The van der Waals surface area contributed by atoms with E-state index < -0.39 is 5.97 Å². The second kappa shape index (κ2) is 6.62. The van der Waals surface area contributed by atoms with Crippen LogP contribution in [0.3, 0.4) is 0 Å². The van der Waals surface area contributed by atoms with E-state index in [9.17, 15) is 4.79 Å². The lowest BCUT2D eigenvalue weighted by atomic mass is 10.3. The van der Waals surface area contributed by atoms with Gasteiger partial charge in [-0.2, -0.15) is 5.10 Å². The highest BCUT2D eigenvalue weighted by atomic mass is 16.5.